The van der Waals surface area contributed by atoms with Gasteiger partial charge in [-0.1, -0.05) is 12.5 Å². The number of allylic oxidation sites excluding steroid dienone is 1. The molecular formula is C17H25ClFIN2. The highest BCUT2D eigenvalue weighted by Crippen LogP contribution is 2.30. The molecule has 1 saturated heterocycles. The van der Waals surface area contributed by atoms with E-state index in [1.165, 1.54) is 0 Å². The van der Waals surface area contributed by atoms with E-state index >= 15 is 0 Å². The zero-order valence-electron chi connectivity index (χ0n) is 12.9. The van der Waals surface area contributed by atoms with Crippen LogP contribution in [0.15, 0.2) is 30.9 Å². The summed E-state index contributed by atoms with van der Waals surface area (Å²) in [6.45, 7) is 7.76. The number of hydrogen-bond acceptors (Lipinski definition) is 2. The van der Waals surface area contributed by atoms with Crippen molar-refractivity contribution in [3.63, 3.8) is 0 Å². The van der Waals surface area contributed by atoms with Crippen molar-refractivity contribution in [1.29, 1.82) is 0 Å². The molecule has 0 spiro atoms. The highest BCUT2D eigenvalue weighted by Gasteiger charge is 2.24. The van der Waals surface area contributed by atoms with Crippen LogP contribution in [0.2, 0.25) is 0 Å². The third kappa shape index (κ3) is 5.80. The first-order chi connectivity index (χ1) is 10.2. The van der Waals surface area contributed by atoms with Gasteiger partial charge in [0.25, 0.3) is 0 Å². The van der Waals surface area contributed by atoms with Crippen LogP contribution in [-0.4, -0.2) is 31.1 Å². The normalized spacial score (nSPS) is 16.8. The molecule has 0 saturated carbocycles. The summed E-state index contributed by atoms with van der Waals surface area (Å²) in [4.78, 5) is 2.43. The van der Waals surface area contributed by atoms with Gasteiger partial charge in [0.1, 0.15) is 5.82 Å². The van der Waals surface area contributed by atoms with Crippen LogP contribution in [0.25, 0.3) is 0 Å². The number of piperazine rings is 1. The molecule has 1 atom stereocenters. The molecule has 124 valence electrons. The molecule has 2 rings (SSSR count). The number of rotatable bonds is 7. The summed E-state index contributed by atoms with van der Waals surface area (Å²) in [5.74, 6) is -0.0670. The van der Waals surface area contributed by atoms with Crippen LogP contribution in [0, 0.1) is 9.39 Å². The summed E-state index contributed by atoms with van der Waals surface area (Å²) in [5, 5.41) is 3.37. The van der Waals surface area contributed by atoms with Crippen LogP contribution in [0.5, 0.6) is 0 Å². The van der Waals surface area contributed by atoms with E-state index in [0.717, 1.165) is 61.0 Å². The lowest BCUT2D eigenvalue weighted by molar-refractivity contribution is 0.159. The van der Waals surface area contributed by atoms with E-state index < -0.39 is 0 Å². The van der Waals surface area contributed by atoms with Crippen molar-refractivity contribution >= 4 is 35.0 Å². The molecule has 0 unspecified atom stereocenters. The maximum absolute atomic E-state index is 14.3. The second-order valence-electron chi connectivity index (χ2n) is 5.54. The Labute approximate surface area is 153 Å². The Bertz CT molecular complexity index is 464. The minimum atomic E-state index is -0.0670. The molecule has 5 heteroatoms. The van der Waals surface area contributed by atoms with Gasteiger partial charge in [-0.25, -0.2) is 4.39 Å². The molecular weight excluding hydrogens is 414 g/mol. The van der Waals surface area contributed by atoms with Gasteiger partial charge in [-0.2, -0.15) is 0 Å². The molecule has 1 aliphatic rings. The Kier molecular flexibility index (Phi) is 9.55. The number of unbranched alkanes of at least 4 members (excludes halogenated alkanes) is 2. The quantitative estimate of drug-likeness (QED) is 0.382. The highest BCUT2D eigenvalue weighted by atomic mass is 127. The van der Waals surface area contributed by atoms with Crippen LogP contribution in [0.1, 0.15) is 37.3 Å². The summed E-state index contributed by atoms with van der Waals surface area (Å²) in [7, 11) is 0. The predicted octanol–water partition coefficient (Wildman–Crippen LogP) is 4.54. The lowest BCUT2D eigenvalue weighted by atomic mass is 9.97. The van der Waals surface area contributed by atoms with Gasteiger partial charge in [-0.05, 0) is 60.1 Å². The first-order valence-electron chi connectivity index (χ1n) is 7.73. The molecule has 1 heterocycles. The van der Waals surface area contributed by atoms with Crippen molar-refractivity contribution < 1.29 is 4.39 Å². The number of halogens is 3. The third-order valence-corrected chi connectivity index (χ3v) is 4.72. The molecule has 0 aliphatic carbocycles. The molecule has 1 fully saturated rings. The maximum atomic E-state index is 14.3. The van der Waals surface area contributed by atoms with E-state index in [1.807, 2.05) is 18.2 Å². The highest BCUT2D eigenvalue weighted by molar-refractivity contribution is 14.1. The smallest absolute Gasteiger partial charge is 0.128 e. The van der Waals surface area contributed by atoms with E-state index in [2.05, 4.69) is 39.4 Å². The van der Waals surface area contributed by atoms with Crippen LogP contribution in [0.4, 0.5) is 4.39 Å². The Hall–Kier alpha value is -0.170. The van der Waals surface area contributed by atoms with Crippen LogP contribution in [0.3, 0.4) is 0 Å². The van der Waals surface area contributed by atoms with Crippen molar-refractivity contribution in [3.05, 3.63) is 45.8 Å². The Morgan fingerprint density at radius 2 is 2.05 bits per heavy atom. The minimum Gasteiger partial charge on any atom is -0.314 e. The molecule has 1 aromatic carbocycles. The molecule has 0 amide bonds. The zero-order chi connectivity index (χ0) is 15.1. The summed E-state index contributed by atoms with van der Waals surface area (Å²) in [6.07, 6.45) is 6.28. The van der Waals surface area contributed by atoms with Crippen LogP contribution < -0.4 is 5.32 Å². The average molecular weight is 439 g/mol. The van der Waals surface area contributed by atoms with Gasteiger partial charge in [-0.3, -0.25) is 4.90 Å². The number of hydrogen-bond donors (Lipinski definition) is 1. The minimum absolute atomic E-state index is 0. The van der Waals surface area contributed by atoms with Crippen LogP contribution in [-0.2, 0) is 0 Å². The van der Waals surface area contributed by atoms with Gasteiger partial charge in [0.2, 0.25) is 0 Å². The summed E-state index contributed by atoms with van der Waals surface area (Å²) >= 11 is 2.27. The maximum Gasteiger partial charge on any atom is 0.128 e. The first-order valence-corrected chi connectivity index (χ1v) is 8.81. The molecule has 2 nitrogen and oxygen atoms in total. The average Bonchev–Trinajstić information content (AvgIpc) is 2.51. The van der Waals surface area contributed by atoms with Crippen molar-refractivity contribution in [2.24, 2.45) is 0 Å². The summed E-state index contributed by atoms with van der Waals surface area (Å²) in [5.41, 5.74) is 0.863. The van der Waals surface area contributed by atoms with Gasteiger partial charge in [-0.15, -0.1) is 19.0 Å². The monoisotopic (exact) mass is 438 g/mol. The fourth-order valence-electron chi connectivity index (χ4n) is 2.92. The lowest BCUT2D eigenvalue weighted by Crippen LogP contribution is -2.45. The van der Waals surface area contributed by atoms with Gasteiger partial charge in [0.15, 0.2) is 0 Å². The third-order valence-electron chi connectivity index (χ3n) is 4.05. The van der Waals surface area contributed by atoms with Gasteiger partial charge < -0.3 is 5.32 Å². The number of nitrogens with one attached hydrogen (secondary N) is 1. The fraction of sp³-hybridized carbons (Fsp3) is 0.529. The van der Waals surface area contributed by atoms with Crippen LogP contribution >= 0.6 is 35.0 Å². The van der Waals surface area contributed by atoms with Gasteiger partial charge in [0, 0.05) is 41.4 Å². The molecule has 1 N–H and O–H groups in total. The van der Waals surface area contributed by atoms with E-state index in [1.54, 1.807) is 6.07 Å². The predicted molar refractivity (Wildman–Crippen MR) is 102 cm³/mol. The van der Waals surface area contributed by atoms with Gasteiger partial charge >= 0.3 is 0 Å². The molecule has 0 bridgehead atoms. The summed E-state index contributed by atoms with van der Waals surface area (Å²) < 4.78 is 15.4. The first kappa shape index (κ1) is 19.9. The fourth-order valence-corrected chi connectivity index (χ4v) is 3.44. The zero-order valence-corrected chi connectivity index (χ0v) is 15.8. The largest absolute Gasteiger partial charge is 0.314 e. The van der Waals surface area contributed by atoms with E-state index in [0.29, 0.717) is 0 Å². The molecule has 22 heavy (non-hydrogen) atoms. The Morgan fingerprint density at radius 1 is 1.32 bits per heavy atom. The van der Waals surface area contributed by atoms with Crippen molar-refractivity contribution in [1.82, 2.24) is 10.2 Å². The topological polar surface area (TPSA) is 15.3 Å². The molecule has 1 aromatic rings. The van der Waals surface area contributed by atoms with Crippen molar-refractivity contribution in [2.75, 3.05) is 26.2 Å². The number of benzene rings is 1. The Morgan fingerprint density at radius 3 is 2.73 bits per heavy atom. The number of nitrogens with zero attached hydrogens (tertiary/aromatic N) is 1. The Balaban J connectivity index is 0.00000242. The standard InChI is InChI=1S/C17H24FIN2.ClH/c1-2-3-4-5-6-17(21-11-9-20-10-12-21)15-13-14(19)7-8-16(15)18;/h2,7-8,13,17,20H,1,3-6,9-12H2;1H/t17-;/m0./s1. The van der Waals surface area contributed by atoms with E-state index in [4.69, 9.17) is 0 Å². The second-order valence-corrected chi connectivity index (χ2v) is 6.79. The summed E-state index contributed by atoms with van der Waals surface area (Å²) in [6, 6.07) is 5.66. The van der Waals surface area contributed by atoms with E-state index in [9.17, 15) is 4.39 Å². The second kappa shape index (κ2) is 10.6. The van der Waals surface area contributed by atoms with Crippen molar-refractivity contribution in [3.8, 4) is 0 Å². The van der Waals surface area contributed by atoms with Crippen molar-refractivity contribution in [2.45, 2.75) is 31.7 Å². The lowest BCUT2D eigenvalue weighted by Gasteiger charge is -2.35. The SMILES string of the molecule is C=CCCCC[C@@H](c1cc(I)ccc1F)N1CCNCC1.Cl. The van der Waals surface area contributed by atoms with E-state index in [-0.39, 0.29) is 24.3 Å². The molecule has 1 aliphatic heterocycles. The van der Waals surface area contributed by atoms with Gasteiger partial charge in [0.05, 0.1) is 0 Å². The molecule has 0 aromatic heterocycles. The molecule has 0 radical (unpaired) electrons.